The van der Waals surface area contributed by atoms with E-state index in [-0.39, 0.29) is 22.7 Å². The van der Waals surface area contributed by atoms with E-state index in [1.807, 2.05) is 4.90 Å². The molecule has 4 N–H and O–H groups in total. The molecule has 0 spiro atoms. The van der Waals surface area contributed by atoms with Crippen LogP contribution in [0.25, 0.3) is 0 Å². The Morgan fingerprint density at radius 1 is 1.33 bits per heavy atom. The lowest BCUT2D eigenvalue weighted by Gasteiger charge is -2.24. The molecule has 0 aliphatic carbocycles. The van der Waals surface area contributed by atoms with E-state index in [9.17, 15) is 4.39 Å². The highest BCUT2D eigenvalue weighted by atomic mass is 79.9. The quantitative estimate of drug-likeness (QED) is 0.561. The highest BCUT2D eigenvalue weighted by Crippen LogP contribution is 2.30. The van der Waals surface area contributed by atoms with Gasteiger partial charge in [-0.1, -0.05) is 0 Å². The summed E-state index contributed by atoms with van der Waals surface area (Å²) >= 11 is 3.19. The lowest BCUT2D eigenvalue weighted by atomic mass is 10.1. The number of nitrogens with one attached hydrogen (secondary N) is 1. The van der Waals surface area contributed by atoms with E-state index in [0.717, 1.165) is 26.1 Å². The molecule has 7 heteroatoms. The maximum Gasteiger partial charge on any atom is 0.161 e. The summed E-state index contributed by atoms with van der Waals surface area (Å²) in [5.41, 5.74) is 6.33. The zero-order valence-corrected chi connectivity index (χ0v) is 13.4. The average molecular weight is 359 g/mol. The van der Waals surface area contributed by atoms with E-state index in [1.54, 1.807) is 12.1 Å². The summed E-state index contributed by atoms with van der Waals surface area (Å²) in [4.78, 5) is 4.18. The van der Waals surface area contributed by atoms with Gasteiger partial charge >= 0.3 is 0 Å². The first-order chi connectivity index (χ1) is 10.0. The number of nitrogens with zero attached hydrogens (tertiary/aromatic N) is 2. The number of aliphatic hydroxyl groups excluding tert-OH is 1. The molecular formula is C14H20BrFN4O. The van der Waals surface area contributed by atoms with Crippen LogP contribution in [0.15, 0.2) is 16.6 Å². The van der Waals surface area contributed by atoms with Gasteiger partial charge in [0.1, 0.15) is 5.84 Å². The molecule has 1 aromatic carbocycles. The Morgan fingerprint density at radius 2 is 2.10 bits per heavy atom. The molecule has 21 heavy (non-hydrogen) atoms. The first-order valence-corrected chi connectivity index (χ1v) is 7.74. The van der Waals surface area contributed by atoms with Gasteiger partial charge in [-0.2, -0.15) is 0 Å². The van der Waals surface area contributed by atoms with Crippen molar-refractivity contribution in [1.82, 2.24) is 4.90 Å². The summed E-state index contributed by atoms with van der Waals surface area (Å²) in [5.74, 6) is -0.532. The van der Waals surface area contributed by atoms with Crippen LogP contribution in [0.2, 0.25) is 0 Å². The number of β-amino-alcohol motifs (C(OH)–C–C–N with tert-alkyl or cyclic N) is 1. The number of nitrogen functional groups attached to an aromatic ring is 1. The van der Waals surface area contributed by atoms with Crippen molar-refractivity contribution in [3.05, 3.63) is 28.0 Å². The number of halogens is 2. The van der Waals surface area contributed by atoms with Crippen LogP contribution in [0.1, 0.15) is 12.0 Å². The minimum Gasteiger partial charge on any atom is -0.395 e. The minimum atomic E-state index is -0.377. The Kier molecular flexibility index (Phi) is 5.55. The van der Waals surface area contributed by atoms with Gasteiger partial charge in [-0.05, 0) is 41.0 Å². The first kappa shape index (κ1) is 16.2. The third kappa shape index (κ3) is 3.72. The number of benzene rings is 1. The molecule has 1 aliphatic heterocycles. The van der Waals surface area contributed by atoms with E-state index in [4.69, 9.17) is 16.2 Å². The maximum atomic E-state index is 14.5. The molecule has 2 rings (SSSR count). The zero-order valence-electron chi connectivity index (χ0n) is 11.8. The van der Waals surface area contributed by atoms with Crippen molar-refractivity contribution in [3.63, 3.8) is 0 Å². The van der Waals surface area contributed by atoms with Crippen molar-refractivity contribution in [2.75, 3.05) is 44.2 Å². The molecule has 0 atom stereocenters. The van der Waals surface area contributed by atoms with Crippen LogP contribution in [0.4, 0.5) is 10.1 Å². The van der Waals surface area contributed by atoms with Crippen LogP contribution in [0.5, 0.6) is 0 Å². The molecule has 0 amide bonds. The van der Waals surface area contributed by atoms with Crippen molar-refractivity contribution >= 4 is 27.5 Å². The molecule has 0 bridgehead atoms. The molecular weight excluding hydrogens is 339 g/mol. The standard InChI is InChI=1S/C14H20BrFN4O/c15-12-10(14(17)18)2-3-11(13(12)16)20-5-1-4-19(6-7-20)8-9-21/h2-3,21H,1,4-9H2,(H3,17,18). The number of nitrogens with two attached hydrogens (primary N) is 1. The average Bonchev–Trinajstić information content (AvgIpc) is 2.67. The summed E-state index contributed by atoms with van der Waals surface area (Å²) in [6, 6.07) is 3.35. The fourth-order valence-corrected chi connectivity index (χ4v) is 3.12. The number of rotatable bonds is 4. The Hall–Kier alpha value is -1.18. The van der Waals surface area contributed by atoms with Crippen LogP contribution < -0.4 is 10.6 Å². The molecule has 116 valence electrons. The Labute approximate surface area is 132 Å². The largest absolute Gasteiger partial charge is 0.395 e. The van der Waals surface area contributed by atoms with Gasteiger partial charge in [-0.25, -0.2) is 4.39 Å². The second-order valence-electron chi connectivity index (χ2n) is 5.08. The molecule has 1 aliphatic rings. The second-order valence-corrected chi connectivity index (χ2v) is 5.87. The molecule has 0 unspecified atom stereocenters. The van der Waals surface area contributed by atoms with Crippen molar-refractivity contribution < 1.29 is 9.50 Å². The molecule has 1 saturated heterocycles. The lowest BCUT2D eigenvalue weighted by molar-refractivity contribution is 0.204. The second kappa shape index (κ2) is 7.20. The van der Waals surface area contributed by atoms with Crippen LogP contribution in [-0.2, 0) is 0 Å². The number of hydrogen-bond acceptors (Lipinski definition) is 4. The van der Waals surface area contributed by atoms with Crippen LogP contribution in [-0.4, -0.2) is 55.2 Å². The summed E-state index contributed by atoms with van der Waals surface area (Å²) in [6.45, 7) is 3.99. The Morgan fingerprint density at radius 3 is 2.76 bits per heavy atom. The predicted octanol–water partition coefficient (Wildman–Crippen LogP) is 1.38. The smallest absolute Gasteiger partial charge is 0.161 e. The molecule has 0 aromatic heterocycles. The fourth-order valence-electron chi connectivity index (χ4n) is 2.57. The van der Waals surface area contributed by atoms with Crippen molar-refractivity contribution in [3.8, 4) is 0 Å². The van der Waals surface area contributed by atoms with E-state index >= 15 is 0 Å². The van der Waals surface area contributed by atoms with Crippen LogP contribution in [0.3, 0.4) is 0 Å². The van der Waals surface area contributed by atoms with E-state index in [2.05, 4.69) is 20.8 Å². The monoisotopic (exact) mass is 358 g/mol. The highest BCUT2D eigenvalue weighted by molar-refractivity contribution is 9.10. The van der Waals surface area contributed by atoms with Crippen molar-refractivity contribution in [2.24, 2.45) is 5.73 Å². The first-order valence-electron chi connectivity index (χ1n) is 6.95. The topological polar surface area (TPSA) is 76.6 Å². The van der Waals surface area contributed by atoms with E-state index < -0.39 is 0 Å². The number of anilines is 1. The van der Waals surface area contributed by atoms with Gasteiger partial charge in [0.15, 0.2) is 5.82 Å². The third-order valence-electron chi connectivity index (χ3n) is 3.70. The van der Waals surface area contributed by atoms with Gasteiger partial charge in [0.05, 0.1) is 16.8 Å². The lowest BCUT2D eigenvalue weighted by Crippen LogP contribution is -2.32. The molecule has 5 nitrogen and oxygen atoms in total. The van der Waals surface area contributed by atoms with Gasteiger partial charge < -0.3 is 15.7 Å². The molecule has 0 radical (unpaired) electrons. The summed E-state index contributed by atoms with van der Waals surface area (Å²) in [7, 11) is 0. The third-order valence-corrected chi connectivity index (χ3v) is 4.47. The predicted molar refractivity (Wildman–Crippen MR) is 85.5 cm³/mol. The van der Waals surface area contributed by atoms with Gasteiger partial charge in [0.2, 0.25) is 0 Å². The molecule has 1 heterocycles. The van der Waals surface area contributed by atoms with Gasteiger partial charge in [-0.3, -0.25) is 10.3 Å². The van der Waals surface area contributed by atoms with Crippen molar-refractivity contribution in [2.45, 2.75) is 6.42 Å². The maximum absolute atomic E-state index is 14.5. The molecule has 1 aromatic rings. The number of aliphatic hydroxyl groups is 1. The molecule has 1 fully saturated rings. The Bertz CT molecular complexity index is 526. The fraction of sp³-hybridized carbons (Fsp3) is 0.500. The SMILES string of the molecule is N=C(N)c1ccc(N2CCCN(CCO)CC2)c(F)c1Br. The van der Waals surface area contributed by atoms with Crippen LogP contribution >= 0.6 is 15.9 Å². The normalized spacial score (nSPS) is 16.8. The summed E-state index contributed by atoms with van der Waals surface area (Å²) < 4.78 is 14.7. The molecule has 0 saturated carbocycles. The van der Waals surface area contributed by atoms with E-state index in [1.165, 1.54) is 0 Å². The minimum absolute atomic E-state index is 0.146. The summed E-state index contributed by atoms with van der Waals surface area (Å²) in [5, 5.41) is 16.4. The van der Waals surface area contributed by atoms with Gasteiger partial charge in [-0.15, -0.1) is 0 Å². The van der Waals surface area contributed by atoms with Gasteiger partial charge in [0.25, 0.3) is 0 Å². The number of hydrogen-bond donors (Lipinski definition) is 3. The highest BCUT2D eigenvalue weighted by Gasteiger charge is 2.20. The number of amidine groups is 1. The zero-order chi connectivity index (χ0) is 15.4. The van der Waals surface area contributed by atoms with Gasteiger partial charge in [0, 0.05) is 31.7 Å². The summed E-state index contributed by atoms with van der Waals surface area (Å²) in [6.07, 6.45) is 0.922. The van der Waals surface area contributed by atoms with Crippen molar-refractivity contribution in [1.29, 1.82) is 5.41 Å². The van der Waals surface area contributed by atoms with E-state index in [0.29, 0.717) is 24.3 Å². The Balaban J connectivity index is 2.18. The van der Waals surface area contributed by atoms with Crippen LogP contribution in [0, 0.1) is 11.2 Å².